The van der Waals surface area contributed by atoms with Gasteiger partial charge in [0, 0.05) is 45.8 Å². The molecule has 2 N–H and O–H groups in total. The number of rotatable bonds is 4. The molecule has 6 heteroatoms. The lowest BCUT2D eigenvalue weighted by atomic mass is 10.3. The van der Waals surface area contributed by atoms with E-state index < -0.39 is 0 Å². The largest absolute Gasteiger partial charge is 0.443 e. The smallest absolute Gasteiger partial charge is 0.410 e. The van der Waals surface area contributed by atoms with Gasteiger partial charge in [0.05, 0.1) is 6.54 Å². The lowest BCUT2D eigenvalue weighted by molar-refractivity contribution is 0.126. The molecule has 1 atom stereocenters. The van der Waals surface area contributed by atoms with Crippen LogP contribution in [0.2, 0.25) is 0 Å². The van der Waals surface area contributed by atoms with Crippen molar-refractivity contribution < 1.29 is 9.53 Å². The Morgan fingerprint density at radius 3 is 2.59 bits per heavy atom. The zero-order valence-corrected chi connectivity index (χ0v) is 10.5. The molecule has 98 valence electrons. The molecular weight excluding hydrogens is 220 g/mol. The summed E-state index contributed by atoms with van der Waals surface area (Å²) in [5.74, 6) is 0. The summed E-state index contributed by atoms with van der Waals surface area (Å²) in [7, 11) is 2.14. The summed E-state index contributed by atoms with van der Waals surface area (Å²) in [5, 5.41) is 0. The fourth-order valence-electron chi connectivity index (χ4n) is 2.21. The number of carbonyl (C=O) groups is 1. The van der Waals surface area contributed by atoms with Gasteiger partial charge in [-0.2, -0.15) is 0 Å². The molecule has 2 rings (SSSR count). The normalized spacial score (nSPS) is 27.5. The molecule has 0 saturated carbocycles. The molecule has 0 unspecified atom stereocenters. The molecular formula is C11H22N4O2. The lowest BCUT2D eigenvalue weighted by Crippen LogP contribution is -2.47. The van der Waals surface area contributed by atoms with E-state index in [2.05, 4.69) is 16.8 Å². The summed E-state index contributed by atoms with van der Waals surface area (Å²) >= 11 is 0. The fraction of sp³-hybridized carbons (Fsp3) is 0.909. The van der Waals surface area contributed by atoms with Crippen LogP contribution in [0.15, 0.2) is 0 Å². The highest BCUT2D eigenvalue weighted by Gasteiger charge is 2.30. The predicted octanol–water partition coefficient (Wildman–Crippen LogP) is -0.987. The van der Waals surface area contributed by atoms with Gasteiger partial charge in [-0.1, -0.05) is 0 Å². The molecule has 2 fully saturated rings. The molecule has 0 spiro atoms. The highest BCUT2D eigenvalue weighted by molar-refractivity contribution is 5.69. The SMILES string of the molecule is CN1CCN(CCN2C[C@H](CN)OC2=O)CC1. The average Bonchev–Trinajstić information content (AvgIpc) is 2.69. The van der Waals surface area contributed by atoms with Gasteiger partial charge in [0.15, 0.2) is 0 Å². The van der Waals surface area contributed by atoms with E-state index in [-0.39, 0.29) is 12.2 Å². The first-order chi connectivity index (χ1) is 8.19. The van der Waals surface area contributed by atoms with E-state index in [1.165, 1.54) is 0 Å². The van der Waals surface area contributed by atoms with E-state index in [4.69, 9.17) is 10.5 Å². The van der Waals surface area contributed by atoms with Crippen molar-refractivity contribution in [3.63, 3.8) is 0 Å². The summed E-state index contributed by atoms with van der Waals surface area (Å²) in [5.41, 5.74) is 5.49. The van der Waals surface area contributed by atoms with Gasteiger partial charge in [-0.15, -0.1) is 0 Å². The third kappa shape index (κ3) is 3.31. The van der Waals surface area contributed by atoms with E-state index >= 15 is 0 Å². The van der Waals surface area contributed by atoms with Crippen LogP contribution in [0.25, 0.3) is 0 Å². The van der Waals surface area contributed by atoms with Gasteiger partial charge in [0.25, 0.3) is 0 Å². The first-order valence-corrected chi connectivity index (χ1v) is 6.25. The maximum atomic E-state index is 11.5. The molecule has 0 bridgehead atoms. The number of nitrogens with zero attached hydrogens (tertiary/aromatic N) is 3. The molecule has 2 aliphatic heterocycles. The quantitative estimate of drug-likeness (QED) is 0.686. The van der Waals surface area contributed by atoms with Crippen LogP contribution in [0.3, 0.4) is 0 Å². The van der Waals surface area contributed by atoms with E-state index in [0.29, 0.717) is 13.1 Å². The molecule has 2 heterocycles. The Morgan fingerprint density at radius 1 is 1.29 bits per heavy atom. The predicted molar refractivity (Wildman–Crippen MR) is 64.8 cm³/mol. The average molecular weight is 242 g/mol. The lowest BCUT2D eigenvalue weighted by Gasteiger charge is -2.32. The number of hydrogen-bond donors (Lipinski definition) is 1. The maximum Gasteiger partial charge on any atom is 0.410 e. The maximum absolute atomic E-state index is 11.5. The van der Waals surface area contributed by atoms with Crippen molar-refractivity contribution in [1.29, 1.82) is 0 Å². The Hall–Kier alpha value is -0.850. The van der Waals surface area contributed by atoms with E-state index in [0.717, 1.165) is 39.3 Å². The van der Waals surface area contributed by atoms with Gasteiger partial charge in [0.2, 0.25) is 0 Å². The molecule has 0 aromatic heterocycles. The minimum atomic E-state index is -0.213. The Labute approximate surface area is 102 Å². The van der Waals surface area contributed by atoms with Gasteiger partial charge in [0.1, 0.15) is 6.10 Å². The molecule has 6 nitrogen and oxygen atoms in total. The number of ether oxygens (including phenoxy) is 1. The van der Waals surface area contributed by atoms with Gasteiger partial charge in [-0.3, -0.25) is 4.90 Å². The summed E-state index contributed by atoms with van der Waals surface area (Å²) in [6, 6.07) is 0. The number of amides is 1. The van der Waals surface area contributed by atoms with Crippen molar-refractivity contribution in [3.8, 4) is 0 Å². The second-order valence-electron chi connectivity index (χ2n) is 4.83. The number of hydrogen-bond acceptors (Lipinski definition) is 5. The second kappa shape index (κ2) is 5.66. The third-order valence-corrected chi connectivity index (χ3v) is 3.49. The van der Waals surface area contributed by atoms with Gasteiger partial charge < -0.3 is 20.3 Å². The van der Waals surface area contributed by atoms with E-state index in [1.54, 1.807) is 4.90 Å². The Morgan fingerprint density at radius 2 is 2.00 bits per heavy atom. The van der Waals surface area contributed by atoms with Crippen LogP contribution in [0.1, 0.15) is 0 Å². The molecule has 0 aliphatic carbocycles. The van der Waals surface area contributed by atoms with Crippen molar-refractivity contribution in [2.75, 3.05) is 59.4 Å². The van der Waals surface area contributed by atoms with Crippen molar-refractivity contribution in [2.45, 2.75) is 6.10 Å². The van der Waals surface area contributed by atoms with Crippen LogP contribution >= 0.6 is 0 Å². The fourth-order valence-corrected chi connectivity index (χ4v) is 2.21. The summed E-state index contributed by atoms with van der Waals surface area (Å²) in [6.45, 7) is 7.12. The van der Waals surface area contributed by atoms with Crippen LogP contribution in [0.4, 0.5) is 4.79 Å². The van der Waals surface area contributed by atoms with Crippen LogP contribution < -0.4 is 5.73 Å². The van der Waals surface area contributed by atoms with Gasteiger partial charge >= 0.3 is 6.09 Å². The first kappa shape index (κ1) is 12.6. The molecule has 0 aromatic rings. The van der Waals surface area contributed by atoms with Gasteiger partial charge in [-0.05, 0) is 7.05 Å². The van der Waals surface area contributed by atoms with E-state index in [9.17, 15) is 4.79 Å². The summed E-state index contributed by atoms with van der Waals surface area (Å²) in [6.07, 6.45) is -0.329. The summed E-state index contributed by atoms with van der Waals surface area (Å²) in [4.78, 5) is 18.0. The standard InChI is InChI=1S/C11H22N4O2/c1-13-2-4-14(5-3-13)6-7-15-9-10(8-12)17-11(15)16/h10H,2-9,12H2,1H3/t10-/m0/s1. The zero-order valence-electron chi connectivity index (χ0n) is 10.5. The van der Waals surface area contributed by atoms with Gasteiger partial charge in [-0.25, -0.2) is 4.79 Å². The molecule has 2 aliphatic rings. The topological polar surface area (TPSA) is 62.0 Å². The highest BCUT2D eigenvalue weighted by Crippen LogP contribution is 2.10. The molecule has 2 saturated heterocycles. The Bertz CT molecular complexity index is 266. The number of likely N-dealkylation sites (N-methyl/N-ethyl adjacent to an activating group) is 1. The van der Waals surface area contributed by atoms with Crippen LogP contribution in [0, 0.1) is 0 Å². The Kier molecular flexibility index (Phi) is 4.20. The van der Waals surface area contributed by atoms with Crippen molar-refractivity contribution >= 4 is 6.09 Å². The monoisotopic (exact) mass is 242 g/mol. The zero-order chi connectivity index (χ0) is 12.3. The van der Waals surface area contributed by atoms with Crippen LogP contribution in [-0.4, -0.2) is 86.3 Å². The van der Waals surface area contributed by atoms with Crippen LogP contribution in [-0.2, 0) is 4.74 Å². The van der Waals surface area contributed by atoms with E-state index in [1.807, 2.05) is 0 Å². The number of nitrogens with two attached hydrogens (primary N) is 1. The van der Waals surface area contributed by atoms with Crippen molar-refractivity contribution in [1.82, 2.24) is 14.7 Å². The molecule has 0 aromatic carbocycles. The second-order valence-corrected chi connectivity index (χ2v) is 4.83. The number of cyclic esters (lactones) is 1. The number of piperazine rings is 1. The first-order valence-electron chi connectivity index (χ1n) is 6.25. The summed E-state index contributed by atoms with van der Waals surface area (Å²) < 4.78 is 5.12. The van der Waals surface area contributed by atoms with Crippen molar-refractivity contribution in [2.24, 2.45) is 5.73 Å². The Balaban J connectivity index is 1.70. The molecule has 0 radical (unpaired) electrons. The minimum Gasteiger partial charge on any atom is -0.443 e. The number of carbonyl (C=O) groups excluding carboxylic acids is 1. The van der Waals surface area contributed by atoms with Crippen LogP contribution in [0.5, 0.6) is 0 Å². The molecule has 1 amide bonds. The minimum absolute atomic E-state index is 0.116. The molecule has 17 heavy (non-hydrogen) atoms. The van der Waals surface area contributed by atoms with Crippen molar-refractivity contribution in [3.05, 3.63) is 0 Å². The highest BCUT2D eigenvalue weighted by atomic mass is 16.6. The third-order valence-electron chi connectivity index (χ3n) is 3.49.